The Morgan fingerprint density at radius 3 is 1.55 bits per heavy atom. The van der Waals surface area contributed by atoms with Gasteiger partial charge in [-0.1, -0.05) is 221 Å². The summed E-state index contributed by atoms with van der Waals surface area (Å²) in [7, 11) is 0. The number of aliphatic imine (C=N–C) groups is 1. The van der Waals surface area contributed by atoms with Crippen molar-refractivity contribution in [3.63, 3.8) is 0 Å². The molecule has 0 bridgehead atoms. The fourth-order valence-electron chi connectivity index (χ4n) is 9.67. The fraction of sp³-hybridized carbons (Fsp3) is 0.351. The second kappa shape index (κ2) is 30.1. The largest absolute Gasteiger partial charge is 0.378 e. The number of benzene rings is 4. The van der Waals surface area contributed by atoms with E-state index in [-0.39, 0.29) is 38.3 Å². The van der Waals surface area contributed by atoms with Gasteiger partial charge in [0.25, 0.3) is 0 Å². The van der Waals surface area contributed by atoms with Crippen LogP contribution in [0.5, 0.6) is 0 Å². The van der Waals surface area contributed by atoms with E-state index < -0.39 is 0 Å². The van der Waals surface area contributed by atoms with Gasteiger partial charge in [-0.05, 0) is 160 Å². The highest BCUT2D eigenvalue weighted by Gasteiger charge is 2.25. The molecule has 0 saturated heterocycles. The van der Waals surface area contributed by atoms with Crippen molar-refractivity contribution in [2.24, 2.45) is 4.99 Å². The van der Waals surface area contributed by atoms with Crippen molar-refractivity contribution < 1.29 is 4.63 Å². The molecule has 0 fully saturated rings. The van der Waals surface area contributed by atoms with Gasteiger partial charge in [0.1, 0.15) is 5.65 Å². The molecule has 0 amide bonds. The van der Waals surface area contributed by atoms with Gasteiger partial charge in [-0.25, -0.2) is 9.61 Å². The second-order valence-electron chi connectivity index (χ2n) is 29.4. The van der Waals surface area contributed by atoms with Gasteiger partial charge in [-0.2, -0.15) is 14.6 Å². The highest BCUT2D eigenvalue weighted by molar-refractivity contribution is 5.89. The lowest BCUT2D eigenvalue weighted by molar-refractivity contribution is 0.306. The van der Waals surface area contributed by atoms with E-state index in [0.717, 1.165) is 40.8 Å². The van der Waals surface area contributed by atoms with Crippen molar-refractivity contribution in [1.29, 1.82) is 5.26 Å². The van der Waals surface area contributed by atoms with Crippen LogP contribution in [0.2, 0.25) is 0 Å². The molecule has 8 heterocycles. The number of nitriles is 1. The Morgan fingerprint density at radius 2 is 1.09 bits per heavy atom. The Kier molecular flexibility index (Phi) is 22.9. The zero-order valence-electron chi connectivity index (χ0n) is 58.7. The molecule has 94 heavy (non-hydrogen) atoms. The van der Waals surface area contributed by atoms with E-state index in [2.05, 4.69) is 288 Å². The number of hydrogen-bond donors (Lipinski definition) is 1. The number of anilines is 1. The molecule has 1 aliphatic rings. The molecular weight excluding hydrogens is 1160 g/mol. The third-order valence-corrected chi connectivity index (χ3v) is 15.5. The first-order valence-electron chi connectivity index (χ1n) is 31.7. The molecule has 7 aromatic heterocycles. The summed E-state index contributed by atoms with van der Waals surface area (Å²) in [6.45, 7) is 43.9. The number of aromatic nitrogens is 13. The topological polar surface area (TPSA) is 218 Å². The third-order valence-electron chi connectivity index (χ3n) is 15.5. The number of tetrazole rings is 1. The number of allylic oxidation sites excluding steroid dienone is 1. The smallest absolute Gasteiger partial charge is 0.243 e. The molecule has 488 valence electrons. The zero-order valence-corrected chi connectivity index (χ0v) is 58.7. The number of nitrogens with two attached hydrogens (primary N) is 1. The van der Waals surface area contributed by atoms with Crippen LogP contribution in [0.4, 0.5) is 5.82 Å². The molecule has 0 atom stereocenters. The standard InChI is InChI=1S/2C15H17N.C14H17N.C12H16N4.C12H13N3.C9H14N6O/c1-15(2,3)14-8-4-6-12(10-14)13-7-5-9-16-11-13;1-15(2,3)14-6-4-5-13(11-14)12-7-9-16-10-8-12;1-14(2,3)13-6-4-5-11(9-13)12-7-8-15-10-12;1-9-13-14-15-16(9)11-7-5-10(6-8-11)12(2,3)4;1-12(2,3)10-8-15-5-4-9(7-13)6-11(15)14-10;1-5-6(9(2,3)4)11-14-15(5)8-7(10)12-16-13-8/h2*4-11H,1-3H3;4-9H,10H2,1-3H3;5-8H,1-4H3;4-6,8H,1-3H3;1-4H3,(H2,10,12). The number of pyridine rings is 3. The van der Waals surface area contributed by atoms with Gasteiger partial charge in [0, 0.05) is 54.2 Å². The summed E-state index contributed by atoms with van der Waals surface area (Å²) in [6.07, 6.45) is 15.2. The van der Waals surface area contributed by atoms with Crippen LogP contribution in [0.1, 0.15) is 181 Å². The summed E-state index contributed by atoms with van der Waals surface area (Å²) in [4.78, 5) is 16.9. The lowest BCUT2D eigenvalue weighted by Gasteiger charge is -2.19. The normalized spacial score (nSPS) is 12.3. The molecule has 17 heteroatoms. The summed E-state index contributed by atoms with van der Waals surface area (Å²) in [5, 5.41) is 35.6. The first-order valence-corrected chi connectivity index (χ1v) is 31.7. The molecule has 1 aliphatic heterocycles. The maximum atomic E-state index is 8.78. The van der Waals surface area contributed by atoms with Crippen molar-refractivity contribution >= 4 is 23.3 Å². The summed E-state index contributed by atoms with van der Waals surface area (Å²) >= 11 is 0. The third kappa shape index (κ3) is 19.7. The van der Waals surface area contributed by atoms with Crippen LogP contribution in [0.3, 0.4) is 0 Å². The first-order chi connectivity index (χ1) is 44.1. The molecule has 0 aliphatic carbocycles. The molecule has 12 rings (SSSR count). The Labute approximate surface area is 556 Å². The van der Waals surface area contributed by atoms with Crippen LogP contribution < -0.4 is 5.73 Å². The molecule has 11 aromatic rings. The van der Waals surface area contributed by atoms with Gasteiger partial charge in [0.15, 0.2) is 5.82 Å². The Balaban J connectivity index is 0.000000160. The molecule has 17 nitrogen and oxygen atoms in total. The molecule has 0 unspecified atom stereocenters. The number of fused-ring (bicyclic) bond motifs is 1. The van der Waals surface area contributed by atoms with Crippen LogP contribution in [-0.2, 0) is 32.5 Å². The molecule has 0 radical (unpaired) electrons. The van der Waals surface area contributed by atoms with Crippen LogP contribution in [0.25, 0.3) is 45.0 Å². The minimum absolute atomic E-state index is 0.0405. The minimum atomic E-state index is -0.0751. The Morgan fingerprint density at radius 1 is 0.521 bits per heavy atom. The van der Waals surface area contributed by atoms with Crippen molar-refractivity contribution in [1.82, 2.24) is 64.9 Å². The first kappa shape index (κ1) is 71.4. The molecule has 0 spiro atoms. The van der Waals surface area contributed by atoms with Crippen molar-refractivity contribution in [3.8, 4) is 39.8 Å². The molecule has 2 N–H and O–H groups in total. The molecule has 4 aromatic carbocycles. The van der Waals surface area contributed by atoms with Crippen molar-refractivity contribution in [3.05, 3.63) is 233 Å². The highest BCUT2D eigenvalue weighted by atomic mass is 16.6. The SMILES string of the molecule is CC(C)(C)c1cccc(-c2cccnc2)c1.CC(C)(C)c1cccc(-c2ccncc2)c1.CC(C)(C)c1cccc(C2=CC=NC2)c1.CC(C)(C)c1cn2ccc(C#N)cc2n1.Cc1c(C(C)(C)C)nnn1-c1nonc1N.Cc1nnnn1-c1ccc(C(C)(C)C)cc1. The fourth-order valence-corrected chi connectivity index (χ4v) is 9.67. The predicted octanol–water partition coefficient (Wildman–Crippen LogP) is 17.2. The summed E-state index contributed by atoms with van der Waals surface area (Å²) in [5.41, 5.74) is 24.6. The van der Waals surface area contributed by atoms with Crippen LogP contribution >= 0.6 is 0 Å². The lowest BCUT2D eigenvalue weighted by Crippen LogP contribution is -2.14. The lowest BCUT2D eigenvalue weighted by atomic mass is 9.85. The quantitative estimate of drug-likeness (QED) is 0.170. The second-order valence-corrected chi connectivity index (χ2v) is 29.4. The highest BCUT2D eigenvalue weighted by Crippen LogP contribution is 2.31. The van der Waals surface area contributed by atoms with Crippen LogP contribution in [0, 0.1) is 25.2 Å². The number of rotatable bonds is 5. The van der Waals surface area contributed by atoms with Gasteiger partial charge in [-0.3, -0.25) is 15.0 Å². The van der Waals surface area contributed by atoms with Crippen molar-refractivity contribution in [2.75, 3.05) is 12.3 Å². The van der Waals surface area contributed by atoms with Crippen LogP contribution in [0.15, 0.2) is 186 Å². The van der Waals surface area contributed by atoms with Gasteiger partial charge >= 0.3 is 0 Å². The number of nitrogen functional groups attached to an aromatic ring is 1. The van der Waals surface area contributed by atoms with E-state index in [9.17, 15) is 0 Å². The molecule has 0 saturated carbocycles. The number of hydrogen-bond acceptors (Lipinski definition) is 14. The number of nitrogens with zero attached hydrogens (tertiary/aromatic N) is 15. The predicted molar refractivity (Wildman–Crippen MR) is 381 cm³/mol. The van der Waals surface area contributed by atoms with E-state index in [1.54, 1.807) is 23.0 Å². The summed E-state index contributed by atoms with van der Waals surface area (Å²) in [6, 6.07) is 48.3. The van der Waals surface area contributed by atoms with Crippen LogP contribution in [-0.4, -0.2) is 77.6 Å². The average Bonchev–Trinajstić information content (AvgIpc) is 1.67. The maximum absolute atomic E-state index is 8.78. The maximum Gasteiger partial charge on any atom is 0.243 e. The monoisotopic (exact) mass is 1260 g/mol. The van der Waals surface area contributed by atoms with Gasteiger partial charge in [-0.15, -0.1) is 10.2 Å². The Bertz CT molecular complexity index is 4230. The Hall–Kier alpha value is -10.1. The van der Waals surface area contributed by atoms with Crippen molar-refractivity contribution in [2.45, 2.75) is 171 Å². The summed E-state index contributed by atoms with van der Waals surface area (Å²) < 4.78 is 9.74. The van der Waals surface area contributed by atoms with E-state index >= 15 is 0 Å². The van der Waals surface area contributed by atoms with E-state index in [4.69, 9.17) is 11.0 Å². The minimum Gasteiger partial charge on any atom is -0.378 e. The number of aryl methyl sites for hydroxylation is 1. The van der Waals surface area contributed by atoms with E-state index in [1.165, 1.54) is 60.3 Å². The van der Waals surface area contributed by atoms with E-state index in [1.807, 2.05) is 85.8 Å². The summed E-state index contributed by atoms with van der Waals surface area (Å²) in [5.74, 6) is 1.37. The van der Waals surface area contributed by atoms with Gasteiger partial charge in [0.05, 0.1) is 40.9 Å². The van der Waals surface area contributed by atoms with Gasteiger partial charge in [0.2, 0.25) is 11.6 Å². The average molecular weight is 1260 g/mol. The van der Waals surface area contributed by atoms with E-state index in [0.29, 0.717) is 11.4 Å². The zero-order chi connectivity index (χ0) is 68.8. The molecular formula is C77H94N16O. The van der Waals surface area contributed by atoms with Gasteiger partial charge < -0.3 is 10.1 Å². The number of imidazole rings is 1.